The molecule has 8 nitrogen and oxygen atoms in total. The molecule has 2 amide bonds. The van der Waals surface area contributed by atoms with Gasteiger partial charge < -0.3 is 9.80 Å². The number of hydrogen-bond donors (Lipinski definition) is 0. The van der Waals surface area contributed by atoms with Gasteiger partial charge >= 0.3 is 0 Å². The summed E-state index contributed by atoms with van der Waals surface area (Å²) in [6.45, 7) is 8.15. The standard InChI is InChI=1S/C27H34N6O2/c1-6-33-23-10-9-21(16-24(23)30(4)25(34)27(2,3)26(33)35)18-32(19-22-11-14-29-31(22)5)15-12-20-8-7-13-28-17-20/h7-11,13-14,16-17H,6,12,15,18-19H2,1-5H3. The van der Waals surface area contributed by atoms with E-state index in [9.17, 15) is 9.59 Å². The van der Waals surface area contributed by atoms with Crippen LogP contribution in [-0.4, -0.2) is 51.6 Å². The molecule has 8 heteroatoms. The Bertz CT molecular complexity index is 1200. The molecule has 0 spiro atoms. The molecule has 0 bridgehead atoms. The molecule has 1 aliphatic rings. The number of aromatic nitrogens is 3. The Morgan fingerprint density at radius 2 is 1.74 bits per heavy atom. The van der Waals surface area contributed by atoms with Crippen LogP contribution in [0.1, 0.15) is 37.6 Å². The fourth-order valence-corrected chi connectivity index (χ4v) is 4.64. The van der Waals surface area contributed by atoms with Crippen molar-refractivity contribution in [1.82, 2.24) is 19.7 Å². The van der Waals surface area contributed by atoms with Gasteiger partial charge in [0, 0.05) is 58.9 Å². The molecule has 2 aromatic heterocycles. The summed E-state index contributed by atoms with van der Waals surface area (Å²) >= 11 is 0. The Kier molecular flexibility index (Phi) is 7.03. The van der Waals surface area contributed by atoms with Crippen molar-refractivity contribution >= 4 is 23.2 Å². The average Bonchev–Trinajstić information content (AvgIpc) is 3.25. The number of carbonyl (C=O) groups is 2. The van der Waals surface area contributed by atoms with Gasteiger partial charge in [0.2, 0.25) is 11.8 Å². The van der Waals surface area contributed by atoms with Gasteiger partial charge in [0.1, 0.15) is 5.41 Å². The third-order valence-corrected chi connectivity index (χ3v) is 6.78. The lowest BCUT2D eigenvalue weighted by Gasteiger charge is -2.27. The van der Waals surface area contributed by atoms with Gasteiger partial charge in [-0.15, -0.1) is 0 Å². The number of anilines is 2. The third kappa shape index (κ3) is 4.98. The largest absolute Gasteiger partial charge is 0.313 e. The summed E-state index contributed by atoms with van der Waals surface area (Å²) in [6.07, 6.45) is 6.39. The molecule has 1 aromatic carbocycles. The van der Waals surface area contributed by atoms with Gasteiger partial charge in [-0.05, 0) is 62.6 Å². The molecule has 184 valence electrons. The second-order valence-corrected chi connectivity index (χ2v) is 9.63. The molecule has 4 rings (SSSR count). The number of nitrogens with zero attached hydrogens (tertiary/aromatic N) is 6. The molecule has 0 aliphatic carbocycles. The Balaban J connectivity index is 1.63. The van der Waals surface area contributed by atoms with Gasteiger partial charge in [-0.1, -0.05) is 12.1 Å². The Labute approximate surface area is 207 Å². The summed E-state index contributed by atoms with van der Waals surface area (Å²) in [5.41, 5.74) is 3.83. The van der Waals surface area contributed by atoms with Gasteiger partial charge in [0.25, 0.3) is 0 Å². The number of carbonyl (C=O) groups excluding carboxylic acids is 2. The summed E-state index contributed by atoms with van der Waals surface area (Å²) < 4.78 is 1.90. The van der Waals surface area contributed by atoms with Gasteiger partial charge in [-0.25, -0.2) is 0 Å². The van der Waals surface area contributed by atoms with Gasteiger partial charge in [0.15, 0.2) is 0 Å². The highest BCUT2D eigenvalue weighted by atomic mass is 16.2. The molecule has 35 heavy (non-hydrogen) atoms. The van der Waals surface area contributed by atoms with Crippen LogP contribution in [-0.2, 0) is 36.1 Å². The molecule has 3 heterocycles. The lowest BCUT2D eigenvalue weighted by molar-refractivity contribution is -0.137. The van der Waals surface area contributed by atoms with Crippen molar-refractivity contribution in [2.24, 2.45) is 12.5 Å². The van der Waals surface area contributed by atoms with Crippen LogP contribution in [0.15, 0.2) is 55.0 Å². The summed E-state index contributed by atoms with van der Waals surface area (Å²) in [5, 5.41) is 4.32. The third-order valence-electron chi connectivity index (χ3n) is 6.78. The Hall–Kier alpha value is -3.52. The van der Waals surface area contributed by atoms with Crippen molar-refractivity contribution in [2.45, 2.75) is 40.3 Å². The summed E-state index contributed by atoms with van der Waals surface area (Å²) in [5.74, 6) is -0.363. The second kappa shape index (κ2) is 10.00. The van der Waals surface area contributed by atoms with E-state index in [0.29, 0.717) is 13.1 Å². The molecule has 3 aromatic rings. The van der Waals surface area contributed by atoms with E-state index in [1.54, 1.807) is 36.9 Å². The van der Waals surface area contributed by atoms with Crippen molar-refractivity contribution in [2.75, 3.05) is 29.9 Å². The van der Waals surface area contributed by atoms with Crippen molar-refractivity contribution in [3.8, 4) is 0 Å². The first kappa shape index (κ1) is 24.6. The zero-order chi connectivity index (χ0) is 25.2. The minimum Gasteiger partial charge on any atom is -0.313 e. The lowest BCUT2D eigenvalue weighted by atomic mass is 9.90. The van der Waals surface area contributed by atoms with Gasteiger partial charge in [-0.2, -0.15) is 5.10 Å². The Morgan fingerprint density at radius 3 is 2.40 bits per heavy atom. The van der Waals surface area contributed by atoms with Crippen molar-refractivity contribution in [3.05, 3.63) is 71.8 Å². The second-order valence-electron chi connectivity index (χ2n) is 9.63. The molecular formula is C27H34N6O2. The van der Waals surface area contributed by atoms with Crippen LogP contribution in [0.3, 0.4) is 0 Å². The Morgan fingerprint density at radius 1 is 0.943 bits per heavy atom. The van der Waals surface area contributed by atoms with Crippen LogP contribution in [0.5, 0.6) is 0 Å². The molecule has 0 saturated carbocycles. The van der Waals surface area contributed by atoms with Crippen LogP contribution < -0.4 is 9.80 Å². The zero-order valence-corrected chi connectivity index (χ0v) is 21.2. The first-order valence-corrected chi connectivity index (χ1v) is 12.0. The molecule has 0 radical (unpaired) electrons. The predicted molar refractivity (Wildman–Crippen MR) is 137 cm³/mol. The molecular weight excluding hydrogens is 440 g/mol. The first-order chi connectivity index (χ1) is 16.7. The quantitative estimate of drug-likeness (QED) is 0.468. The maximum atomic E-state index is 13.2. The van der Waals surface area contributed by atoms with Crippen LogP contribution in [0.25, 0.3) is 0 Å². The summed E-state index contributed by atoms with van der Waals surface area (Å²) in [7, 11) is 3.71. The topological polar surface area (TPSA) is 74.6 Å². The predicted octanol–water partition coefficient (Wildman–Crippen LogP) is 3.42. The smallest absolute Gasteiger partial charge is 0.242 e. The summed E-state index contributed by atoms with van der Waals surface area (Å²) in [4.78, 5) is 36.3. The fourth-order valence-electron chi connectivity index (χ4n) is 4.64. The highest BCUT2D eigenvalue weighted by molar-refractivity contribution is 6.19. The minimum absolute atomic E-state index is 0.169. The maximum Gasteiger partial charge on any atom is 0.242 e. The van der Waals surface area contributed by atoms with E-state index in [2.05, 4.69) is 27.1 Å². The molecule has 0 saturated heterocycles. The van der Waals surface area contributed by atoms with E-state index in [0.717, 1.165) is 42.1 Å². The van der Waals surface area contributed by atoms with E-state index in [-0.39, 0.29) is 11.8 Å². The number of pyridine rings is 1. The van der Waals surface area contributed by atoms with Crippen LogP contribution in [0.4, 0.5) is 11.4 Å². The molecule has 1 aliphatic heterocycles. The van der Waals surface area contributed by atoms with Crippen LogP contribution in [0, 0.1) is 5.41 Å². The number of benzene rings is 1. The van der Waals surface area contributed by atoms with Crippen LogP contribution in [0.2, 0.25) is 0 Å². The zero-order valence-electron chi connectivity index (χ0n) is 21.2. The van der Waals surface area contributed by atoms with Gasteiger partial charge in [0.05, 0.1) is 17.1 Å². The van der Waals surface area contributed by atoms with E-state index in [1.165, 1.54) is 5.56 Å². The highest BCUT2D eigenvalue weighted by Crippen LogP contribution is 2.39. The molecule has 0 N–H and O–H groups in total. The van der Waals surface area contributed by atoms with Crippen molar-refractivity contribution in [3.63, 3.8) is 0 Å². The van der Waals surface area contributed by atoms with E-state index in [1.807, 2.05) is 55.3 Å². The number of rotatable bonds is 8. The molecule has 0 fully saturated rings. The average molecular weight is 475 g/mol. The van der Waals surface area contributed by atoms with Gasteiger partial charge in [-0.3, -0.25) is 24.2 Å². The number of amides is 2. The molecule has 0 unspecified atom stereocenters. The fraction of sp³-hybridized carbons (Fsp3) is 0.407. The van der Waals surface area contributed by atoms with Crippen molar-refractivity contribution in [1.29, 1.82) is 0 Å². The van der Waals surface area contributed by atoms with E-state index < -0.39 is 5.41 Å². The minimum atomic E-state index is -1.11. The molecule has 0 atom stereocenters. The lowest BCUT2D eigenvalue weighted by Crippen LogP contribution is -2.47. The highest BCUT2D eigenvalue weighted by Gasteiger charge is 2.45. The number of fused-ring (bicyclic) bond motifs is 1. The summed E-state index contributed by atoms with van der Waals surface area (Å²) in [6, 6.07) is 12.2. The normalized spacial score (nSPS) is 15.5. The van der Waals surface area contributed by atoms with Crippen LogP contribution >= 0.6 is 0 Å². The maximum absolute atomic E-state index is 13.2. The number of aryl methyl sites for hydroxylation is 1. The SMILES string of the molecule is CCN1C(=O)C(C)(C)C(=O)N(C)c2cc(CN(CCc3cccnc3)Cc3ccnn3C)ccc21. The number of hydrogen-bond acceptors (Lipinski definition) is 5. The first-order valence-electron chi connectivity index (χ1n) is 12.0. The van der Waals surface area contributed by atoms with Crippen molar-refractivity contribution < 1.29 is 9.59 Å². The van der Waals surface area contributed by atoms with E-state index >= 15 is 0 Å². The monoisotopic (exact) mass is 474 g/mol. The van der Waals surface area contributed by atoms with E-state index in [4.69, 9.17) is 0 Å².